The number of ketones is 1. The van der Waals surface area contributed by atoms with Gasteiger partial charge in [-0.05, 0) is 18.8 Å². The monoisotopic (exact) mass is 243 g/mol. The van der Waals surface area contributed by atoms with Gasteiger partial charge in [0.1, 0.15) is 18.4 Å². The van der Waals surface area contributed by atoms with Crippen molar-refractivity contribution in [3.63, 3.8) is 0 Å². The number of hydrogen-bond donors (Lipinski definition) is 2. The van der Waals surface area contributed by atoms with Crippen LogP contribution in [0.15, 0.2) is 0 Å². The summed E-state index contributed by atoms with van der Waals surface area (Å²) in [5, 5.41) is 11.0. The minimum atomic E-state index is -0.844. The zero-order chi connectivity index (χ0) is 12.8. The molecular weight excluding hydrogens is 226 g/mol. The first-order chi connectivity index (χ1) is 8.08. The van der Waals surface area contributed by atoms with Gasteiger partial charge in [-0.3, -0.25) is 9.59 Å². The second-order valence-electron chi connectivity index (χ2n) is 4.12. The van der Waals surface area contributed by atoms with Gasteiger partial charge in [0.2, 0.25) is 5.91 Å². The van der Waals surface area contributed by atoms with Crippen LogP contribution >= 0.6 is 0 Å². The predicted molar refractivity (Wildman–Crippen MR) is 58.0 cm³/mol. The number of rotatable bonds is 4. The Hall–Kier alpha value is -1.43. The molecule has 6 heteroatoms. The maximum Gasteiger partial charge on any atom is 0.328 e. The summed E-state index contributed by atoms with van der Waals surface area (Å²) in [6.07, 6.45) is 2.20. The average Bonchev–Trinajstić information content (AvgIpc) is 2.34. The van der Waals surface area contributed by atoms with Gasteiger partial charge in [0.15, 0.2) is 0 Å². The summed E-state index contributed by atoms with van der Waals surface area (Å²) in [5.74, 6) is -1.36. The van der Waals surface area contributed by atoms with Crippen molar-refractivity contribution in [1.29, 1.82) is 0 Å². The van der Waals surface area contributed by atoms with Crippen LogP contribution in [0.4, 0.5) is 0 Å². The molecule has 0 saturated heterocycles. The van der Waals surface area contributed by atoms with E-state index in [1.807, 2.05) is 0 Å². The number of Topliss-reactive ketones (excluding diaryl/α,β-unsaturated/α-hetero) is 1. The molecule has 0 bridgehead atoms. The van der Waals surface area contributed by atoms with Gasteiger partial charge in [0.05, 0.1) is 7.11 Å². The van der Waals surface area contributed by atoms with Crippen LogP contribution in [0.2, 0.25) is 0 Å². The molecule has 96 valence electrons. The standard InChI is InChI=1S/C11H17NO5/c1-17-11(16)10(12-9(15)6-13)7-3-2-4-8(14)5-7/h7,10,13H,2-6H2,1H3,(H,12,15)/t7-,10+/m1/s1. The fourth-order valence-corrected chi connectivity index (χ4v) is 2.06. The highest BCUT2D eigenvalue weighted by Gasteiger charge is 2.33. The third-order valence-electron chi connectivity index (χ3n) is 2.91. The van der Waals surface area contributed by atoms with Crippen molar-refractivity contribution in [2.45, 2.75) is 31.7 Å². The van der Waals surface area contributed by atoms with E-state index < -0.39 is 24.5 Å². The summed E-state index contributed by atoms with van der Waals surface area (Å²) in [7, 11) is 1.23. The molecule has 1 saturated carbocycles. The minimum Gasteiger partial charge on any atom is -0.467 e. The Kier molecular flexibility index (Phi) is 5.09. The summed E-state index contributed by atoms with van der Waals surface area (Å²) >= 11 is 0. The Labute approximate surface area is 99.3 Å². The van der Waals surface area contributed by atoms with Crippen molar-refractivity contribution in [2.24, 2.45) is 5.92 Å². The molecule has 0 aliphatic heterocycles. The molecule has 0 heterocycles. The van der Waals surface area contributed by atoms with E-state index in [0.717, 1.165) is 0 Å². The largest absolute Gasteiger partial charge is 0.467 e. The number of carbonyl (C=O) groups is 3. The van der Waals surface area contributed by atoms with Crippen LogP contribution in [-0.4, -0.2) is 42.5 Å². The summed E-state index contributed by atoms with van der Waals surface area (Å²) in [5.41, 5.74) is 0. The summed E-state index contributed by atoms with van der Waals surface area (Å²) in [4.78, 5) is 34.0. The Morgan fingerprint density at radius 3 is 2.82 bits per heavy atom. The molecule has 17 heavy (non-hydrogen) atoms. The van der Waals surface area contributed by atoms with Crippen LogP contribution in [0.1, 0.15) is 25.7 Å². The normalized spacial score (nSPS) is 21.8. The van der Waals surface area contributed by atoms with E-state index in [2.05, 4.69) is 10.1 Å². The van der Waals surface area contributed by atoms with Gasteiger partial charge >= 0.3 is 5.97 Å². The number of carbonyl (C=O) groups excluding carboxylic acids is 3. The Morgan fingerprint density at radius 1 is 1.59 bits per heavy atom. The molecule has 0 aromatic heterocycles. The van der Waals surface area contributed by atoms with E-state index in [-0.39, 0.29) is 18.1 Å². The minimum absolute atomic E-state index is 0.0911. The third-order valence-corrected chi connectivity index (χ3v) is 2.91. The van der Waals surface area contributed by atoms with E-state index in [4.69, 9.17) is 5.11 Å². The molecule has 1 amide bonds. The SMILES string of the molecule is COC(=O)[C@@H](NC(=O)CO)[C@@H]1CCCC(=O)C1. The predicted octanol–water partition coefficient (Wildman–Crippen LogP) is -0.604. The Balaban J connectivity index is 2.70. The van der Waals surface area contributed by atoms with E-state index >= 15 is 0 Å². The molecule has 6 nitrogen and oxygen atoms in total. The number of amides is 1. The lowest BCUT2D eigenvalue weighted by Crippen LogP contribution is -2.48. The maximum atomic E-state index is 11.5. The highest BCUT2D eigenvalue weighted by atomic mass is 16.5. The molecule has 2 atom stereocenters. The zero-order valence-corrected chi connectivity index (χ0v) is 9.77. The second-order valence-corrected chi connectivity index (χ2v) is 4.12. The van der Waals surface area contributed by atoms with Crippen LogP contribution in [0.25, 0.3) is 0 Å². The highest BCUT2D eigenvalue weighted by Crippen LogP contribution is 2.25. The van der Waals surface area contributed by atoms with Gasteiger partial charge in [-0.2, -0.15) is 0 Å². The van der Waals surface area contributed by atoms with Crippen LogP contribution in [0.5, 0.6) is 0 Å². The molecule has 0 aromatic rings. The molecule has 1 fully saturated rings. The first-order valence-electron chi connectivity index (χ1n) is 5.58. The van der Waals surface area contributed by atoms with Crippen LogP contribution < -0.4 is 5.32 Å². The van der Waals surface area contributed by atoms with Gasteiger partial charge in [0, 0.05) is 12.8 Å². The van der Waals surface area contributed by atoms with Crippen LogP contribution in [0.3, 0.4) is 0 Å². The first-order valence-corrected chi connectivity index (χ1v) is 5.58. The molecule has 0 spiro atoms. The Morgan fingerprint density at radius 2 is 2.29 bits per heavy atom. The van der Waals surface area contributed by atoms with Crippen molar-refractivity contribution >= 4 is 17.7 Å². The van der Waals surface area contributed by atoms with Gasteiger partial charge in [-0.15, -0.1) is 0 Å². The molecule has 1 rings (SSSR count). The number of hydrogen-bond acceptors (Lipinski definition) is 5. The van der Waals surface area contributed by atoms with Crippen molar-refractivity contribution < 1.29 is 24.2 Å². The van der Waals surface area contributed by atoms with Crippen molar-refractivity contribution in [1.82, 2.24) is 5.32 Å². The molecule has 2 N–H and O–H groups in total. The fourth-order valence-electron chi connectivity index (χ4n) is 2.06. The molecule has 1 aliphatic rings. The van der Waals surface area contributed by atoms with Gasteiger partial charge in [-0.1, -0.05) is 0 Å². The maximum absolute atomic E-state index is 11.5. The summed E-state index contributed by atoms with van der Waals surface area (Å²) in [6.45, 7) is -0.686. The lowest BCUT2D eigenvalue weighted by atomic mass is 9.83. The molecule has 0 unspecified atom stereocenters. The lowest BCUT2D eigenvalue weighted by molar-refractivity contribution is -0.147. The van der Waals surface area contributed by atoms with E-state index in [9.17, 15) is 14.4 Å². The van der Waals surface area contributed by atoms with E-state index in [1.54, 1.807) is 0 Å². The quantitative estimate of drug-likeness (QED) is 0.643. The zero-order valence-electron chi connectivity index (χ0n) is 9.77. The van der Waals surface area contributed by atoms with Crippen molar-refractivity contribution in [2.75, 3.05) is 13.7 Å². The lowest BCUT2D eigenvalue weighted by Gasteiger charge is -2.28. The molecule has 1 aliphatic carbocycles. The highest BCUT2D eigenvalue weighted by molar-refractivity contribution is 5.86. The summed E-state index contributed by atoms with van der Waals surface area (Å²) < 4.78 is 4.60. The van der Waals surface area contributed by atoms with Gasteiger partial charge in [-0.25, -0.2) is 4.79 Å². The van der Waals surface area contributed by atoms with E-state index in [0.29, 0.717) is 19.3 Å². The number of ether oxygens (including phenoxy) is 1. The van der Waals surface area contributed by atoms with Crippen LogP contribution in [-0.2, 0) is 19.1 Å². The van der Waals surface area contributed by atoms with Crippen molar-refractivity contribution in [3.05, 3.63) is 0 Å². The van der Waals surface area contributed by atoms with Gasteiger partial charge < -0.3 is 15.2 Å². The number of esters is 1. The second kappa shape index (κ2) is 6.34. The number of nitrogens with one attached hydrogen (secondary N) is 1. The number of aliphatic hydroxyl groups excluding tert-OH is 1. The molecular formula is C11H17NO5. The molecule has 0 aromatic carbocycles. The molecule has 0 radical (unpaired) electrons. The number of methoxy groups -OCH3 is 1. The van der Waals surface area contributed by atoms with Crippen LogP contribution in [0, 0.1) is 5.92 Å². The van der Waals surface area contributed by atoms with Gasteiger partial charge in [0.25, 0.3) is 0 Å². The fraction of sp³-hybridized carbons (Fsp3) is 0.727. The third kappa shape index (κ3) is 3.81. The first kappa shape index (κ1) is 13.6. The Bertz CT molecular complexity index is 315. The van der Waals surface area contributed by atoms with Crippen molar-refractivity contribution in [3.8, 4) is 0 Å². The average molecular weight is 243 g/mol. The topological polar surface area (TPSA) is 92.7 Å². The summed E-state index contributed by atoms with van der Waals surface area (Å²) in [6, 6.07) is -0.844. The number of aliphatic hydroxyl groups is 1. The smallest absolute Gasteiger partial charge is 0.328 e. The van der Waals surface area contributed by atoms with E-state index in [1.165, 1.54) is 7.11 Å².